The van der Waals surface area contributed by atoms with E-state index in [2.05, 4.69) is 54.2 Å². The number of furan rings is 1. The first-order chi connectivity index (χ1) is 14.2. The highest BCUT2D eigenvalue weighted by molar-refractivity contribution is 9.10. The fraction of sp³-hybridized carbons (Fsp3) is 0.273. The second-order valence-corrected chi connectivity index (χ2v) is 7.79. The molecule has 0 aliphatic carbocycles. The Hall–Kier alpha value is -2.64. The molecule has 6 nitrogen and oxygen atoms in total. The second-order valence-electron chi connectivity index (χ2n) is 7.01. The number of rotatable bonds is 6. The average Bonchev–Trinajstić information content (AvgIpc) is 3.20. The SMILES string of the molecule is O=C(Nc1ccccc1N1CCN(CCc2ccncc2)CC1)c1ccc(Br)o1. The van der Waals surface area contributed by atoms with E-state index in [9.17, 15) is 4.79 Å². The Morgan fingerprint density at radius 1 is 1.03 bits per heavy atom. The van der Waals surface area contributed by atoms with Crippen molar-refractivity contribution in [2.24, 2.45) is 0 Å². The molecular weight excluding hydrogens is 432 g/mol. The van der Waals surface area contributed by atoms with Crippen LogP contribution in [0.3, 0.4) is 0 Å². The smallest absolute Gasteiger partial charge is 0.291 e. The average molecular weight is 455 g/mol. The minimum atomic E-state index is -0.251. The fourth-order valence-corrected chi connectivity index (χ4v) is 3.83. The number of benzene rings is 1. The lowest BCUT2D eigenvalue weighted by molar-refractivity contribution is 0.0995. The van der Waals surface area contributed by atoms with Gasteiger partial charge in [-0.2, -0.15) is 0 Å². The van der Waals surface area contributed by atoms with Crippen LogP contribution in [0.5, 0.6) is 0 Å². The first-order valence-corrected chi connectivity index (χ1v) is 10.5. The Balaban J connectivity index is 1.35. The highest BCUT2D eigenvalue weighted by Crippen LogP contribution is 2.27. The summed E-state index contributed by atoms with van der Waals surface area (Å²) < 4.78 is 5.90. The van der Waals surface area contributed by atoms with Crippen molar-refractivity contribution in [3.05, 3.63) is 76.9 Å². The van der Waals surface area contributed by atoms with Gasteiger partial charge in [-0.05, 0) is 64.3 Å². The number of carbonyl (C=O) groups excluding carboxylic acids is 1. The number of nitrogens with zero attached hydrogens (tertiary/aromatic N) is 3. The number of carbonyl (C=O) groups is 1. The Morgan fingerprint density at radius 2 is 1.79 bits per heavy atom. The van der Waals surface area contributed by atoms with E-state index in [4.69, 9.17) is 4.42 Å². The summed E-state index contributed by atoms with van der Waals surface area (Å²) in [5.74, 6) is 0.0340. The summed E-state index contributed by atoms with van der Waals surface area (Å²) in [6.07, 6.45) is 4.73. The van der Waals surface area contributed by atoms with Gasteiger partial charge < -0.3 is 14.6 Å². The number of hydrogen-bond acceptors (Lipinski definition) is 5. The van der Waals surface area contributed by atoms with Gasteiger partial charge in [0.1, 0.15) is 0 Å². The minimum Gasteiger partial charge on any atom is -0.444 e. The number of amides is 1. The van der Waals surface area contributed by atoms with Gasteiger partial charge in [-0.25, -0.2) is 0 Å². The lowest BCUT2D eigenvalue weighted by Crippen LogP contribution is -2.47. The summed E-state index contributed by atoms with van der Waals surface area (Å²) in [6, 6.07) is 15.4. The van der Waals surface area contributed by atoms with Crippen molar-refractivity contribution in [1.82, 2.24) is 9.88 Å². The maximum Gasteiger partial charge on any atom is 0.291 e. The molecular formula is C22H23BrN4O2. The Morgan fingerprint density at radius 3 is 2.52 bits per heavy atom. The van der Waals surface area contributed by atoms with Crippen LogP contribution in [0.4, 0.5) is 11.4 Å². The molecule has 1 amide bonds. The van der Waals surface area contributed by atoms with E-state index in [1.165, 1.54) is 5.56 Å². The zero-order chi connectivity index (χ0) is 20.1. The predicted molar refractivity (Wildman–Crippen MR) is 117 cm³/mol. The van der Waals surface area contributed by atoms with Crippen LogP contribution < -0.4 is 10.2 Å². The lowest BCUT2D eigenvalue weighted by Gasteiger charge is -2.37. The van der Waals surface area contributed by atoms with E-state index in [0.29, 0.717) is 4.67 Å². The van der Waals surface area contributed by atoms with Crippen molar-refractivity contribution >= 4 is 33.2 Å². The number of anilines is 2. The number of hydrogen-bond donors (Lipinski definition) is 1. The number of nitrogens with one attached hydrogen (secondary N) is 1. The maximum atomic E-state index is 12.5. The van der Waals surface area contributed by atoms with Crippen LogP contribution in [0.15, 0.2) is 70.0 Å². The van der Waals surface area contributed by atoms with Crippen LogP contribution in [0.25, 0.3) is 0 Å². The van der Waals surface area contributed by atoms with Gasteiger partial charge in [0, 0.05) is 45.1 Å². The van der Waals surface area contributed by atoms with E-state index in [1.54, 1.807) is 12.1 Å². The third-order valence-electron chi connectivity index (χ3n) is 5.13. The van der Waals surface area contributed by atoms with Crippen LogP contribution in [0, 0.1) is 0 Å². The molecule has 2 aromatic heterocycles. The van der Waals surface area contributed by atoms with Gasteiger partial charge in [0.05, 0.1) is 11.4 Å². The van der Waals surface area contributed by atoms with E-state index in [0.717, 1.165) is 50.5 Å². The van der Waals surface area contributed by atoms with Gasteiger partial charge in [0.15, 0.2) is 10.4 Å². The normalized spacial score (nSPS) is 14.7. The molecule has 0 atom stereocenters. The molecule has 1 saturated heterocycles. The van der Waals surface area contributed by atoms with Crippen molar-refractivity contribution in [2.75, 3.05) is 42.9 Å². The summed E-state index contributed by atoms with van der Waals surface area (Å²) in [4.78, 5) is 21.4. The van der Waals surface area contributed by atoms with Crippen molar-refractivity contribution in [2.45, 2.75) is 6.42 Å². The molecule has 1 aromatic carbocycles. The van der Waals surface area contributed by atoms with Crippen LogP contribution in [-0.4, -0.2) is 48.5 Å². The molecule has 1 fully saturated rings. The van der Waals surface area contributed by atoms with E-state index in [1.807, 2.05) is 30.6 Å². The van der Waals surface area contributed by atoms with Gasteiger partial charge in [0.2, 0.25) is 0 Å². The third-order valence-corrected chi connectivity index (χ3v) is 5.55. The Kier molecular flexibility index (Phi) is 6.27. The molecule has 0 spiro atoms. The molecule has 1 aliphatic rings. The molecule has 1 N–H and O–H groups in total. The number of para-hydroxylation sites is 2. The van der Waals surface area contributed by atoms with Crippen molar-refractivity contribution < 1.29 is 9.21 Å². The van der Waals surface area contributed by atoms with Crippen molar-refractivity contribution in [3.63, 3.8) is 0 Å². The van der Waals surface area contributed by atoms with E-state index < -0.39 is 0 Å². The number of pyridine rings is 1. The number of halogens is 1. The summed E-state index contributed by atoms with van der Waals surface area (Å²) >= 11 is 3.23. The summed E-state index contributed by atoms with van der Waals surface area (Å²) in [5.41, 5.74) is 3.16. The second kappa shape index (κ2) is 9.24. The molecule has 3 heterocycles. The molecule has 3 aromatic rings. The van der Waals surface area contributed by atoms with Gasteiger partial charge in [-0.15, -0.1) is 0 Å². The van der Waals surface area contributed by atoms with Crippen LogP contribution in [-0.2, 0) is 6.42 Å². The summed E-state index contributed by atoms with van der Waals surface area (Å²) in [6.45, 7) is 4.89. The van der Waals surface area contributed by atoms with Crippen LogP contribution in [0.1, 0.15) is 16.1 Å². The summed E-state index contributed by atoms with van der Waals surface area (Å²) in [5, 5.41) is 2.98. The lowest BCUT2D eigenvalue weighted by atomic mass is 10.1. The topological polar surface area (TPSA) is 61.6 Å². The maximum absolute atomic E-state index is 12.5. The number of piperazine rings is 1. The highest BCUT2D eigenvalue weighted by atomic mass is 79.9. The van der Waals surface area contributed by atoms with Crippen LogP contribution in [0.2, 0.25) is 0 Å². The Labute approximate surface area is 178 Å². The zero-order valence-electron chi connectivity index (χ0n) is 16.1. The van der Waals surface area contributed by atoms with Crippen LogP contribution >= 0.6 is 15.9 Å². The monoisotopic (exact) mass is 454 g/mol. The highest BCUT2D eigenvalue weighted by Gasteiger charge is 2.20. The first-order valence-electron chi connectivity index (χ1n) is 9.71. The molecule has 150 valence electrons. The molecule has 0 radical (unpaired) electrons. The van der Waals surface area contributed by atoms with E-state index >= 15 is 0 Å². The molecule has 0 bridgehead atoms. The minimum absolute atomic E-state index is 0.251. The quantitative estimate of drug-likeness (QED) is 0.608. The van der Waals surface area contributed by atoms with Gasteiger partial charge in [-0.1, -0.05) is 12.1 Å². The first kappa shape index (κ1) is 19.7. The largest absolute Gasteiger partial charge is 0.444 e. The summed E-state index contributed by atoms with van der Waals surface area (Å²) in [7, 11) is 0. The van der Waals surface area contributed by atoms with Gasteiger partial charge in [0.25, 0.3) is 5.91 Å². The van der Waals surface area contributed by atoms with Gasteiger partial charge in [-0.3, -0.25) is 14.7 Å². The Bertz CT molecular complexity index is 952. The molecule has 29 heavy (non-hydrogen) atoms. The standard InChI is InChI=1S/C22H23BrN4O2/c23-21-6-5-20(29-21)22(28)25-18-3-1-2-4-19(18)27-15-13-26(14-16-27)12-9-17-7-10-24-11-8-17/h1-8,10-11H,9,12-16H2,(H,25,28). The van der Waals surface area contributed by atoms with Gasteiger partial charge >= 0.3 is 0 Å². The van der Waals surface area contributed by atoms with E-state index in [-0.39, 0.29) is 11.7 Å². The zero-order valence-corrected chi connectivity index (χ0v) is 17.6. The fourth-order valence-electron chi connectivity index (χ4n) is 3.52. The van der Waals surface area contributed by atoms with Crippen molar-refractivity contribution in [3.8, 4) is 0 Å². The number of aromatic nitrogens is 1. The molecule has 1 aliphatic heterocycles. The molecule has 4 rings (SSSR count). The molecule has 0 unspecified atom stereocenters. The molecule has 0 saturated carbocycles. The predicted octanol–water partition coefficient (Wildman–Crippen LogP) is 4.05. The molecule has 7 heteroatoms. The van der Waals surface area contributed by atoms with Crippen molar-refractivity contribution in [1.29, 1.82) is 0 Å². The third kappa shape index (κ3) is 5.05.